The predicted octanol–water partition coefficient (Wildman–Crippen LogP) is 5.80. The van der Waals surface area contributed by atoms with Gasteiger partial charge in [-0.1, -0.05) is 32.1 Å². The molecule has 198 valence electrons. The van der Waals surface area contributed by atoms with E-state index in [1.54, 1.807) is 60.7 Å². The van der Waals surface area contributed by atoms with Crippen molar-refractivity contribution < 1.29 is 38.1 Å². The average Bonchev–Trinajstić information content (AvgIpc) is 2.94. The van der Waals surface area contributed by atoms with E-state index in [4.69, 9.17) is 23.7 Å². The number of rotatable bonds is 14. The first-order valence-corrected chi connectivity index (χ1v) is 12.3. The van der Waals surface area contributed by atoms with Crippen LogP contribution in [0.1, 0.15) is 46.9 Å². The summed E-state index contributed by atoms with van der Waals surface area (Å²) >= 11 is 0. The minimum absolute atomic E-state index is 0.0800. The molecule has 0 saturated carbocycles. The molecular formula is C30H30O8. The summed E-state index contributed by atoms with van der Waals surface area (Å²) < 4.78 is 27.0. The highest BCUT2D eigenvalue weighted by molar-refractivity contribution is 5.97. The van der Waals surface area contributed by atoms with E-state index in [1.165, 1.54) is 12.1 Å². The van der Waals surface area contributed by atoms with Gasteiger partial charge in [-0.25, -0.2) is 14.4 Å². The van der Waals surface area contributed by atoms with E-state index in [-0.39, 0.29) is 23.5 Å². The van der Waals surface area contributed by atoms with Crippen LogP contribution in [0.15, 0.2) is 85.5 Å². The molecule has 38 heavy (non-hydrogen) atoms. The summed E-state index contributed by atoms with van der Waals surface area (Å²) in [6.07, 6.45) is 3.61. The third-order valence-electron chi connectivity index (χ3n) is 5.17. The third kappa shape index (κ3) is 8.81. The van der Waals surface area contributed by atoms with Crippen molar-refractivity contribution in [3.05, 3.63) is 96.6 Å². The van der Waals surface area contributed by atoms with Crippen LogP contribution in [0.25, 0.3) is 0 Å². The largest absolute Gasteiger partial charge is 0.494 e. The zero-order valence-electron chi connectivity index (χ0n) is 21.2. The summed E-state index contributed by atoms with van der Waals surface area (Å²) in [5.74, 6) is -0.118. The lowest BCUT2D eigenvalue weighted by Crippen LogP contribution is -2.14. The average molecular weight is 519 g/mol. The molecule has 8 nitrogen and oxygen atoms in total. The van der Waals surface area contributed by atoms with Gasteiger partial charge in [0.2, 0.25) is 0 Å². The molecule has 0 aliphatic rings. The van der Waals surface area contributed by atoms with E-state index < -0.39 is 17.9 Å². The summed E-state index contributed by atoms with van der Waals surface area (Å²) in [5.41, 5.74) is 0.389. The first-order chi connectivity index (χ1) is 18.5. The number of carbonyl (C=O) groups excluding carboxylic acids is 3. The fraction of sp³-hybridized carbons (Fsp3) is 0.233. The number of hydrogen-bond acceptors (Lipinski definition) is 8. The SMILES string of the molecule is C=CC(=O)OCCCOc1ccc(C(=O)Oc2ccccc2C(=O)Oc2ccc(OCCCC)cc2)cc1. The number of unbranched alkanes of at least 4 members (excludes halogenated alkanes) is 1. The normalized spacial score (nSPS) is 10.2. The molecule has 3 aromatic carbocycles. The van der Waals surface area contributed by atoms with Gasteiger partial charge < -0.3 is 23.7 Å². The lowest BCUT2D eigenvalue weighted by molar-refractivity contribution is -0.137. The van der Waals surface area contributed by atoms with E-state index in [0.29, 0.717) is 36.9 Å². The quantitative estimate of drug-likeness (QED) is 0.114. The van der Waals surface area contributed by atoms with Gasteiger partial charge in [0.1, 0.15) is 28.6 Å². The number of esters is 3. The van der Waals surface area contributed by atoms with Crippen molar-refractivity contribution in [2.45, 2.75) is 26.2 Å². The van der Waals surface area contributed by atoms with E-state index in [2.05, 4.69) is 13.5 Å². The summed E-state index contributed by atoms with van der Waals surface area (Å²) in [7, 11) is 0. The molecule has 0 radical (unpaired) electrons. The molecule has 3 rings (SSSR count). The van der Waals surface area contributed by atoms with Crippen molar-refractivity contribution in [2.24, 2.45) is 0 Å². The van der Waals surface area contributed by atoms with E-state index in [1.807, 2.05) is 0 Å². The van der Waals surface area contributed by atoms with Gasteiger partial charge in [-0.15, -0.1) is 0 Å². The molecule has 0 spiro atoms. The van der Waals surface area contributed by atoms with Gasteiger partial charge in [-0.2, -0.15) is 0 Å². The molecule has 0 aliphatic heterocycles. The Morgan fingerprint density at radius 2 is 1.32 bits per heavy atom. The molecule has 0 saturated heterocycles. The van der Waals surface area contributed by atoms with Crippen molar-refractivity contribution in [1.82, 2.24) is 0 Å². The molecule has 3 aromatic rings. The van der Waals surface area contributed by atoms with Crippen LogP contribution >= 0.6 is 0 Å². The predicted molar refractivity (Wildman–Crippen MR) is 141 cm³/mol. The van der Waals surface area contributed by atoms with Crippen LogP contribution in [0.3, 0.4) is 0 Å². The van der Waals surface area contributed by atoms with Crippen molar-refractivity contribution in [2.75, 3.05) is 19.8 Å². The Bertz CT molecular complexity index is 1220. The minimum Gasteiger partial charge on any atom is -0.494 e. The monoisotopic (exact) mass is 518 g/mol. The Kier molecular flexibility index (Phi) is 10.9. The molecule has 0 atom stereocenters. The van der Waals surface area contributed by atoms with Gasteiger partial charge >= 0.3 is 17.9 Å². The van der Waals surface area contributed by atoms with Gasteiger partial charge in [0.25, 0.3) is 0 Å². The zero-order valence-corrected chi connectivity index (χ0v) is 21.2. The standard InChI is InChI=1S/C30H30O8/c1-3-5-19-34-24-15-17-25(18-16-24)37-30(33)26-9-6-7-10-27(26)38-29(32)22-11-13-23(14-12-22)35-20-8-21-36-28(31)4-2/h4,6-7,9-18H,2-3,5,8,19-21H2,1H3. The first-order valence-electron chi connectivity index (χ1n) is 12.3. The number of hydrogen-bond donors (Lipinski definition) is 0. The Hall–Kier alpha value is -4.59. The van der Waals surface area contributed by atoms with Crippen LogP contribution < -0.4 is 18.9 Å². The Balaban J connectivity index is 1.54. The molecule has 0 heterocycles. The van der Waals surface area contributed by atoms with Crippen molar-refractivity contribution in [1.29, 1.82) is 0 Å². The van der Waals surface area contributed by atoms with Gasteiger partial charge in [0.05, 0.1) is 25.4 Å². The second-order valence-electron chi connectivity index (χ2n) is 8.05. The molecule has 0 bridgehead atoms. The number of carbonyl (C=O) groups is 3. The Morgan fingerprint density at radius 3 is 1.97 bits per heavy atom. The minimum atomic E-state index is -0.657. The van der Waals surface area contributed by atoms with Crippen LogP contribution in [-0.2, 0) is 9.53 Å². The van der Waals surface area contributed by atoms with Gasteiger partial charge in [-0.3, -0.25) is 0 Å². The lowest BCUT2D eigenvalue weighted by atomic mass is 10.2. The fourth-order valence-electron chi connectivity index (χ4n) is 3.15. The van der Waals surface area contributed by atoms with E-state index >= 15 is 0 Å². The summed E-state index contributed by atoms with van der Waals surface area (Å²) in [5, 5.41) is 0. The van der Waals surface area contributed by atoms with Crippen molar-refractivity contribution in [3.63, 3.8) is 0 Å². The van der Waals surface area contributed by atoms with Crippen LogP contribution in [0, 0.1) is 0 Å². The molecule has 0 fully saturated rings. The second-order valence-corrected chi connectivity index (χ2v) is 8.05. The smallest absolute Gasteiger partial charge is 0.347 e. The topological polar surface area (TPSA) is 97.4 Å². The van der Waals surface area contributed by atoms with E-state index in [0.717, 1.165) is 18.9 Å². The van der Waals surface area contributed by atoms with E-state index in [9.17, 15) is 14.4 Å². The van der Waals surface area contributed by atoms with Gasteiger partial charge in [-0.05, 0) is 67.1 Å². The van der Waals surface area contributed by atoms with Crippen LogP contribution in [0.5, 0.6) is 23.0 Å². The second kappa shape index (κ2) is 14.8. The highest BCUT2D eigenvalue weighted by atomic mass is 16.6. The molecule has 8 heteroatoms. The molecule has 0 unspecified atom stereocenters. The molecule has 0 aromatic heterocycles. The van der Waals surface area contributed by atoms with Crippen molar-refractivity contribution >= 4 is 17.9 Å². The zero-order chi connectivity index (χ0) is 27.2. The number of para-hydroxylation sites is 1. The summed E-state index contributed by atoms with van der Waals surface area (Å²) in [4.78, 5) is 36.5. The maximum atomic E-state index is 12.8. The highest BCUT2D eigenvalue weighted by Gasteiger charge is 2.18. The molecule has 0 amide bonds. The number of benzene rings is 3. The fourth-order valence-corrected chi connectivity index (χ4v) is 3.15. The maximum absolute atomic E-state index is 12.8. The Labute approximate surface area is 221 Å². The summed E-state index contributed by atoms with van der Waals surface area (Å²) in [6.45, 7) is 6.59. The molecular weight excluding hydrogens is 488 g/mol. The lowest BCUT2D eigenvalue weighted by Gasteiger charge is -2.11. The van der Waals surface area contributed by atoms with Gasteiger partial charge in [0.15, 0.2) is 0 Å². The highest BCUT2D eigenvalue weighted by Crippen LogP contribution is 2.24. The van der Waals surface area contributed by atoms with Crippen LogP contribution in [0.2, 0.25) is 0 Å². The van der Waals surface area contributed by atoms with Crippen LogP contribution in [-0.4, -0.2) is 37.7 Å². The Morgan fingerprint density at radius 1 is 0.711 bits per heavy atom. The van der Waals surface area contributed by atoms with Gasteiger partial charge in [0, 0.05) is 12.5 Å². The first kappa shape index (κ1) is 28.0. The summed E-state index contributed by atoms with van der Waals surface area (Å²) in [6, 6.07) is 19.5. The molecule has 0 aliphatic carbocycles. The third-order valence-corrected chi connectivity index (χ3v) is 5.17. The number of ether oxygens (including phenoxy) is 5. The van der Waals surface area contributed by atoms with Crippen LogP contribution in [0.4, 0.5) is 0 Å². The van der Waals surface area contributed by atoms with Crippen molar-refractivity contribution in [3.8, 4) is 23.0 Å². The molecule has 0 N–H and O–H groups in total. The maximum Gasteiger partial charge on any atom is 0.347 e.